The average Bonchev–Trinajstić information content (AvgIpc) is 2.49. The van der Waals surface area contributed by atoms with E-state index in [9.17, 15) is 16.8 Å². The van der Waals surface area contributed by atoms with Gasteiger partial charge in [0.05, 0.1) is 5.69 Å². The number of primary sulfonamides is 1. The largest absolute Gasteiger partial charge is 0.244 e. The van der Waals surface area contributed by atoms with E-state index >= 15 is 0 Å². The summed E-state index contributed by atoms with van der Waals surface area (Å²) >= 11 is 5.82. The number of rotatable bonds is 5. The van der Waals surface area contributed by atoms with Crippen molar-refractivity contribution in [1.82, 2.24) is 0 Å². The fourth-order valence-electron chi connectivity index (χ4n) is 2.14. The van der Waals surface area contributed by atoms with Gasteiger partial charge in [0.15, 0.2) is 0 Å². The Balaban J connectivity index is 2.57. The maximum absolute atomic E-state index is 11.7. The number of halogens is 1. The van der Waals surface area contributed by atoms with Gasteiger partial charge in [0, 0.05) is 10.7 Å². The first-order chi connectivity index (χ1) is 11.2. The summed E-state index contributed by atoms with van der Waals surface area (Å²) in [5.74, 6) is 0. The Kier molecular flexibility index (Phi) is 5.66. The summed E-state index contributed by atoms with van der Waals surface area (Å²) in [4.78, 5) is -0.270. The number of benzene rings is 2. The van der Waals surface area contributed by atoms with Crippen LogP contribution in [0.1, 0.15) is 12.5 Å². The molecule has 0 aromatic heterocycles. The topological polar surface area (TPSA) is 97.5 Å². The smallest absolute Gasteiger partial charge is 0.240 e. The number of hydrogen-bond donors (Lipinski definition) is 2. The summed E-state index contributed by atoms with van der Waals surface area (Å²) < 4.78 is 47.8. The Morgan fingerprint density at radius 1 is 1.12 bits per heavy atom. The van der Waals surface area contributed by atoms with Crippen LogP contribution in [0.2, 0.25) is 5.02 Å². The van der Waals surface area contributed by atoms with Crippen LogP contribution < -0.4 is 9.44 Å². The van der Waals surface area contributed by atoms with Crippen LogP contribution in [0.3, 0.4) is 0 Å². The monoisotopic (exact) mass is 386 g/mol. The number of para-hydroxylation sites is 1. The molecule has 0 aliphatic heterocycles. The van der Waals surface area contributed by atoms with E-state index in [0.29, 0.717) is 16.3 Å². The van der Waals surface area contributed by atoms with Crippen molar-refractivity contribution in [2.24, 2.45) is 5.14 Å². The third kappa shape index (κ3) is 4.35. The normalized spacial score (nSPS) is 12.4. The van der Waals surface area contributed by atoms with E-state index in [1.165, 1.54) is 24.3 Å². The molecule has 0 heterocycles. The Bertz CT molecular complexity index is 944. The minimum atomic E-state index is -4.08. The fraction of sp³-hybridized carbons (Fsp3) is 0.0667. The maximum Gasteiger partial charge on any atom is 0.240 e. The zero-order valence-corrected chi connectivity index (χ0v) is 15.1. The molecule has 0 radical (unpaired) electrons. The molecule has 0 atom stereocenters. The number of anilines is 1. The molecule has 0 unspecified atom stereocenters. The van der Waals surface area contributed by atoms with Crippen LogP contribution in [0.5, 0.6) is 0 Å². The van der Waals surface area contributed by atoms with Crippen LogP contribution in [0.4, 0.5) is 5.69 Å². The first-order valence-electron chi connectivity index (χ1n) is 6.70. The van der Waals surface area contributed by atoms with Crippen LogP contribution in [-0.2, 0) is 20.9 Å². The fourth-order valence-corrected chi connectivity index (χ4v) is 3.72. The highest BCUT2D eigenvalue weighted by Crippen LogP contribution is 2.28. The highest BCUT2D eigenvalue weighted by Gasteiger charge is 2.21. The minimum Gasteiger partial charge on any atom is -0.244 e. The number of hydrogen-bond acceptors (Lipinski definition) is 4. The van der Waals surface area contributed by atoms with Crippen molar-refractivity contribution in [3.05, 3.63) is 64.8 Å². The molecule has 24 heavy (non-hydrogen) atoms. The average molecular weight is 387 g/mol. The van der Waals surface area contributed by atoms with E-state index in [0.717, 1.165) is 4.31 Å². The van der Waals surface area contributed by atoms with Gasteiger partial charge in [-0.05, 0) is 42.8 Å². The van der Waals surface area contributed by atoms with Crippen molar-refractivity contribution in [3.63, 3.8) is 0 Å². The molecule has 0 amide bonds. The van der Waals surface area contributed by atoms with Gasteiger partial charge in [-0.2, -0.15) is 0 Å². The van der Waals surface area contributed by atoms with Crippen LogP contribution in [-0.4, -0.2) is 16.8 Å². The van der Waals surface area contributed by atoms with Gasteiger partial charge < -0.3 is 0 Å². The molecule has 0 bridgehead atoms. The van der Waals surface area contributed by atoms with Gasteiger partial charge in [0.2, 0.25) is 20.9 Å². The van der Waals surface area contributed by atoms with Crippen LogP contribution in [0, 0.1) is 0 Å². The van der Waals surface area contributed by atoms with Crippen LogP contribution in [0.25, 0.3) is 6.08 Å². The summed E-state index contributed by atoms with van der Waals surface area (Å²) in [5, 5.41) is 5.73. The molecular weight excluding hydrogens is 372 g/mol. The van der Waals surface area contributed by atoms with Crippen molar-refractivity contribution >= 4 is 44.3 Å². The minimum absolute atomic E-state index is 0.0289. The number of nitrogens with two attached hydrogens (primary N) is 1. The molecule has 0 saturated heterocycles. The van der Waals surface area contributed by atoms with E-state index in [2.05, 4.69) is 0 Å². The summed E-state index contributed by atoms with van der Waals surface area (Å²) in [6.07, 6.45) is 1.60. The van der Waals surface area contributed by atoms with Crippen molar-refractivity contribution in [1.29, 1.82) is 0 Å². The zero-order valence-electron chi connectivity index (χ0n) is 12.6. The molecule has 2 N–H and O–H groups in total. The first-order valence-corrected chi connectivity index (χ1v) is 9.76. The zero-order chi connectivity index (χ0) is 17.9. The Hall–Kier alpha value is -1.87. The van der Waals surface area contributed by atoms with E-state index in [1.54, 1.807) is 37.3 Å². The molecule has 2 rings (SSSR count). The van der Waals surface area contributed by atoms with Gasteiger partial charge in [0.25, 0.3) is 0 Å². The van der Waals surface area contributed by atoms with Gasteiger partial charge >= 0.3 is 0 Å². The first kappa shape index (κ1) is 18.5. The number of allylic oxidation sites excluding steroid dienone is 1. The Morgan fingerprint density at radius 2 is 1.71 bits per heavy atom. The number of sulfonamides is 1. The highest BCUT2D eigenvalue weighted by atomic mass is 35.5. The lowest BCUT2D eigenvalue weighted by Gasteiger charge is -2.20. The van der Waals surface area contributed by atoms with Gasteiger partial charge in [0.1, 0.15) is 4.90 Å². The van der Waals surface area contributed by atoms with E-state index in [-0.39, 0.29) is 10.6 Å². The molecule has 128 valence electrons. The van der Waals surface area contributed by atoms with Gasteiger partial charge in [-0.1, -0.05) is 35.9 Å². The number of nitrogens with zero attached hydrogens (tertiary/aromatic N) is 1. The molecule has 0 aliphatic carbocycles. The molecule has 9 heteroatoms. The molecule has 0 saturated carbocycles. The molecule has 2 aromatic carbocycles. The second-order valence-corrected chi connectivity index (χ2v) is 7.74. The van der Waals surface area contributed by atoms with Crippen LogP contribution in [0.15, 0.2) is 59.1 Å². The van der Waals surface area contributed by atoms with E-state index in [1.807, 2.05) is 0 Å². The molecule has 0 spiro atoms. The van der Waals surface area contributed by atoms with E-state index in [4.69, 9.17) is 16.7 Å². The third-order valence-corrected chi connectivity index (χ3v) is 5.21. The molecule has 0 aliphatic rings. The molecule has 0 fully saturated rings. The van der Waals surface area contributed by atoms with Crippen molar-refractivity contribution in [2.75, 3.05) is 4.31 Å². The van der Waals surface area contributed by atoms with Crippen LogP contribution >= 0.6 is 11.6 Å². The van der Waals surface area contributed by atoms with Crippen molar-refractivity contribution in [3.8, 4) is 0 Å². The second-order valence-electron chi connectivity index (χ2n) is 4.90. The highest BCUT2D eigenvalue weighted by molar-refractivity contribution is 7.89. The third-order valence-electron chi connectivity index (χ3n) is 3.14. The summed E-state index contributed by atoms with van der Waals surface area (Å²) in [7, 11) is -7.20. The summed E-state index contributed by atoms with van der Waals surface area (Å²) in [5.41, 5.74) is 0.996. The molecule has 6 nitrogen and oxygen atoms in total. The van der Waals surface area contributed by atoms with E-state index < -0.39 is 20.9 Å². The van der Waals surface area contributed by atoms with Crippen molar-refractivity contribution in [2.45, 2.75) is 11.8 Å². The molecular formula is C15H15ClN2O4S2. The predicted molar refractivity (Wildman–Crippen MR) is 95.7 cm³/mol. The van der Waals surface area contributed by atoms with Gasteiger partial charge in [-0.25, -0.2) is 26.3 Å². The van der Waals surface area contributed by atoms with Crippen molar-refractivity contribution < 1.29 is 16.8 Å². The van der Waals surface area contributed by atoms with Gasteiger partial charge in [-0.3, -0.25) is 0 Å². The predicted octanol–water partition coefficient (Wildman–Crippen LogP) is 2.38. The quantitative estimate of drug-likeness (QED) is 0.771. The standard InChI is InChI=1S/C15H15ClN2O4S2/c1-11(10-12-6-8-13(16)9-7-12)18(23(19)20)14-4-2-3-5-15(14)24(17,21)22/h2-10,23H,1H3,(H2,17,21,22)/b11-10-. The summed E-state index contributed by atoms with van der Waals surface area (Å²) in [6.45, 7) is 1.56. The number of thiol groups is 1. The second kappa shape index (κ2) is 7.35. The summed E-state index contributed by atoms with van der Waals surface area (Å²) in [6, 6.07) is 12.4. The Labute approximate surface area is 147 Å². The lowest BCUT2D eigenvalue weighted by molar-refractivity contribution is 0.598. The lowest BCUT2D eigenvalue weighted by Crippen LogP contribution is -2.23. The Morgan fingerprint density at radius 3 is 2.25 bits per heavy atom. The molecule has 2 aromatic rings. The lowest BCUT2D eigenvalue weighted by atomic mass is 10.2. The SMILES string of the molecule is C/C(=C/c1ccc(Cl)cc1)N(c1ccccc1S(N)(=O)=O)[SH](=O)=O. The maximum atomic E-state index is 11.7. The van der Waals surface area contributed by atoms with Gasteiger partial charge in [-0.15, -0.1) is 0 Å².